The van der Waals surface area contributed by atoms with Crippen LogP contribution in [0.1, 0.15) is 33.1 Å². The number of carboxylic acids is 1. The minimum Gasteiger partial charge on any atom is -0.480 e. The summed E-state index contributed by atoms with van der Waals surface area (Å²) in [5.41, 5.74) is -0.606. The molecule has 0 aromatic heterocycles. The van der Waals surface area contributed by atoms with Gasteiger partial charge < -0.3 is 20.4 Å². The Morgan fingerprint density at radius 2 is 2.05 bits per heavy atom. The van der Waals surface area contributed by atoms with Crippen molar-refractivity contribution < 1.29 is 19.8 Å². The largest absolute Gasteiger partial charge is 0.480 e. The van der Waals surface area contributed by atoms with Gasteiger partial charge >= 0.3 is 5.97 Å². The number of β-amino-alcohol motifs (C(OH)–C–C–N with tert-alkyl or cyclic N) is 1. The van der Waals surface area contributed by atoms with Crippen LogP contribution >= 0.6 is 0 Å². The molecule has 114 valence electrons. The molecule has 0 spiro atoms. The minimum atomic E-state index is -1.03. The van der Waals surface area contributed by atoms with E-state index in [2.05, 4.69) is 5.32 Å². The Labute approximate surface area is 119 Å². The van der Waals surface area contributed by atoms with E-state index in [1.807, 2.05) is 13.8 Å². The van der Waals surface area contributed by atoms with Gasteiger partial charge in [0.1, 0.15) is 6.04 Å². The molecule has 1 unspecified atom stereocenters. The average molecular weight is 284 g/mol. The SMILES string of the molecule is CC(C)(C(=O)N1C[C@H](O)C[C@H]1C(=O)O)C1CCCNC1. The average Bonchev–Trinajstić information content (AvgIpc) is 2.81. The van der Waals surface area contributed by atoms with Crippen molar-refractivity contribution in [2.45, 2.75) is 45.3 Å². The molecular weight excluding hydrogens is 260 g/mol. The Balaban J connectivity index is 2.14. The fraction of sp³-hybridized carbons (Fsp3) is 0.857. The summed E-state index contributed by atoms with van der Waals surface area (Å²) in [6.07, 6.45) is 1.40. The fourth-order valence-electron chi connectivity index (χ4n) is 3.28. The van der Waals surface area contributed by atoms with Crippen LogP contribution in [0.5, 0.6) is 0 Å². The van der Waals surface area contributed by atoms with Crippen molar-refractivity contribution in [2.75, 3.05) is 19.6 Å². The normalized spacial score (nSPS) is 31.4. The summed E-state index contributed by atoms with van der Waals surface area (Å²) in [6, 6.07) is -0.895. The number of nitrogens with zero attached hydrogens (tertiary/aromatic N) is 1. The molecule has 3 atom stereocenters. The molecule has 6 heteroatoms. The number of hydrogen-bond donors (Lipinski definition) is 3. The van der Waals surface area contributed by atoms with Crippen molar-refractivity contribution in [1.82, 2.24) is 10.2 Å². The van der Waals surface area contributed by atoms with Gasteiger partial charge in [0.2, 0.25) is 5.91 Å². The number of carboxylic acid groups (broad SMARTS) is 1. The molecule has 6 nitrogen and oxygen atoms in total. The number of amides is 1. The van der Waals surface area contributed by atoms with Crippen LogP contribution in [-0.2, 0) is 9.59 Å². The van der Waals surface area contributed by atoms with Crippen LogP contribution in [0.3, 0.4) is 0 Å². The number of aliphatic carboxylic acids is 1. The van der Waals surface area contributed by atoms with Crippen molar-refractivity contribution >= 4 is 11.9 Å². The van der Waals surface area contributed by atoms with Gasteiger partial charge in [-0.15, -0.1) is 0 Å². The molecule has 2 aliphatic rings. The Hall–Kier alpha value is -1.14. The summed E-state index contributed by atoms with van der Waals surface area (Å²) in [6.45, 7) is 5.65. The number of piperidine rings is 1. The summed E-state index contributed by atoms with van der Waals surface area (Å²) in [5, 5.41) is 22.2. The van der Waals surface area contributed by atoms with E-state index < -0.39 is 23.5 Å². The summed E-state index contributed by atoms with van der Waals surface area (Å²) >= 11 is 0. The number of hydrogen-bond acceptors (Lipinski definition) is 4. The lowest BCUT2D eigenvalue weighted by atomic mass is 9.74. The van der Waals surface area contributed by atoms with E-state index in [0.717, 1.165) is 25.9 Å². The molecular formula is C14H24N2O4. The lowest BCUT2D eigenvalue weighted by Gasteiger charge is -2.39. The molecule has 0 aromatic carbocycles. The van der Waals surface area contributed by atoms with Gasteiger partial charge in [0.05, 0.1) is 6.10 Å². The van der Waals surface area contributed by atoms with Gasteiger partial charge in [-0.25, -0.2) is 4.79 Å². The number of likely N-dealkylation sites (tertiary alicyclic amines) is 1. The summed E-state index contributed by atoms with van der Waals surface area (Å²) in [7, 11) is 0. The first-order valence-corrected chi connectivity index (χ1v) is 7.26. The fourth-order valence-corrected chi connectivity index (χ4v) is 3.28. The summed E-state index contributed by atoms with van der Waals surface area (Å²) in [5.74, 6) is -0.987. The first-order valence-electron chi connectivity index (χ1n) is 7.26. The van der Waals surface area contributed by atoms with Gasteiger partial charge in [0.25, 0.3) is 0 Å². The van der Waals surface area contributed by atoms with E-state index in [4.69, 9.17) is 0 Å². The lowest BCUT2D eigenvalue weighted by molar-refractivity contribution is -0.154. The molecule has 2 rings (SSSR count). The number of aliphatic hydroxyl groups is 1. The van der Waals surface area contributed by atoms with E-state index >= 15 is 0 Å². The van der Waals surface area contributed by atoms with E-state index in [1.165, 1.54) is 4.90 Å². The number of carbonyl (C=O) groups excluding carboxylic acids is 1. The molecule has 2 heterocycles. The number of aliphatic hydroxyl groups excluding tert-OH is 1. The Kier molecular flexibility index (Phi) is 4.34. The van der Waals surface area contributed by atoms with Crippen LogP contribution in [0.15, 0.2) is 0 Å². The molecule has 2 fully saturated rings. The Morgan fingerprint density at radius 3 is 2.60 bits per heavy atom. The zero-order valence-corrected chi connectivity index (χ0v) is 12.1. The van der Waals surface area contributed by atoms with Crippen LogP contribution in [0.25, 0.3) is 0 Å². The van der Waals surface area contributed by atoms with Crippen LogP contribution in [-0.4, -0.2) is 58.8 Å². The standard InChI is InChI=1S/C14H24N2O4/c1-14(2,9-4-3-5-15-7-9)13(20)16-8-10(17)6-11(16)12(18)19/h9-11,15,17H,3-8H2,1-2H3,(H,18,19)/t9?,10-,11+/m1/s1. The predicted molar refractivity (Wildman–Crippen MR) is 73.1 cm³/mol. The van der Waals surface area contributed by atoms with E-state index in [9.17, 15) is 19.8 Å². The van der Waals surface area contributed by atoms with Gasteiger partial charge in [0.15, 0.2) is 0 Å². The van der Waals surface area contributed by atoms with E-state index in [0.29, 0.717) is 0 Å². The van der Waals surface area contributed by atoms with Crippen LogP contribution < -0.4 is 5.32 Å². The number of nitrogens with one attached hydrogen (secondary N) is 1. The monoisotopic (exact) mass is 284 g/mol. The van der Waals surface area contributed by atoms with Gasteiger partial charge in [0, 0.05) is 18.4 Å². The second-order valence-electron chi connectivity index (χ2n) is 6.47. The molecule has 0 saturated carbocycles. The number of rotatable bonds is 3. The van der Waals surface area contributed by atoms with Gasteiger partial charge in [-0.05, 0) is 31.8 Å². The highest BCUT2D eigenvalue weighted by atomic mass is 16.4. The molecule has 0 bridgehead atoms. The Morgan fingerprint density at radius 1 is 1.35 bits per heavy atom. The third kappa shape index (κ3) is 2.81. The van der Waals surface area contributed by atoms with Gasteiger partial charge in [-0.3, -0.25) is 4.79 Å². The second-order valence-corrected chi connectivity index (χ2v) is 6.47. The molecule has 0 aliphatic carbocycles. The van der Waals surface area contributed by atoms with Gasteiger partial charge in [-0.1, -0.05) is 13.8 Å². The first kappa shape index (κ1) is 15.3. The van der Waals surface area contributed by atoms with Crippen LogP contribution in [0.4, 0.5) is 0 Å². The number of carbonyl (C=O) groups is 2. The van der Waals surface area contributed by atoms with Crippen molar-refractivity contribution in [3.05, 3.63) is 0 Å². The van der Waals surface area contributed by atoms with Crippen LogP contribution in [0, 0.1) is 11.3 Å². The van der Waals surface area contributed by atoms with Crippen molar-refractivity contribution in [1.29, 1.82) is 0 Å². The van der Waals surface area contributed by atoms with Crippen molar-refractivity contribution in [2.24, 2.45) is 11.3 Å². The molecule has 2 saturated heterocycles. The smallest absolute Gasteiger partial charge is 0.326 e. The predicted octanol–water partition coefficient (Wildman–Crippen LogP) is 0.0586. The molecule has 20 heavy (non-hydrogen) atoms. The summed E-state index contributed by atoms with van der Waals surface area (Å²) < 4.78 is 0. The highest BCUT2D eigenvalue weighted by Crippen LogP contribution is 2.35. The molecule has 2 aliphatic heterocycles. The van der Waals surface area contributed by atoms with Crippen molar-refractivity contribution in [3.8, 4) is 0 Å². The molecule has 3 N–H and O–H groups in total. The summed E-state index contributed by atoms with van der Waals surface area (Å²) in [4.78, 5) is 25.3. The third-order valence-corrected chi connectivity index (χ3v) is 4.69. The van der Waals surface area contributed by atoms with Crippen molar-refractivity contribution in [3.63, 3.8) is 0 Å². The maximum Gasteiger partial charge on any atom is 0.326 e. The maximum atomic E-state index is 12.8. The molecule has 1 amide bonds. The van der Waals surface area contributed by atoms with E-state index in [-0.39, 0.29) is 24.8 Å². The highest BCUT2D eigenvalue weighted by Gasteiger charge is 2.46. The molecule has 0 aromatic rings. The third-order valence-electron chi connectivity index (χ3n) is 4.69. The second kappa shape index (κ2) is 5.69. The van der Waals surface area contributed by atoms with E-state index in [1.54, 1.807) is 0 Å². The highest BCUT2D eigenvalue weighted by molar-refractivity contribution is 5.88. The quantitative estimate of drug-likeness (QED) is 0.682. The minimum absolute atomic E-state index is 0.124. The molecule has 0 radical (unpaired) electrons. The Bertz CT molecular complexity index is 391. The maximum absolute atomic E-state index is 12.8. The lowest BCUT2D eigenvalue weighted by Crippen LogP contribution is -2.51. The topological polar surface area (TPSA) is 89.9 Å². The zero-order chi connectivity index (χ0) is 14.9. The van der Waals surface area contributed by atoms with Gasteiger partial charge in [-0.2, -0.15) is 0 Å². The zero-order valence-electron chi connectivity index (χ0n) is 12.1. The first-order chi connectivity index (χ1) is 9.34. The van der Waals surface area contributed by atoms with Crippen LogP contribution in [0.2, 0.25) is 0 Å².